The van der Waals surface area contributed by atoms with Crippen molar-refractivity contribution in [3.63, 3.8) is 0 Å². The number of hydrogen-bond donors (Lipinski definition) is 2. The normalized spacial score (nSPS) is 10.5. The van der Waals surface area contributed by atoms with E-state index < -0.39 is 5.91 Å². The van der Waals surface area contributed by atoms with Gasteiger partial charge in [-0.15, -0.1) is 21.5 Å². The topological polar surface area (TPSA) is 96.9 Å². The van der Waals surface area contributed by atoms with E-state index in [1.54, 1.807) is 11.6 Å². The predicted molar refractivity (Wildman–Crippen MR) is 106 cm³/mol. The Morgan fingerprint density at radius 2 is 1.85 bits per heavy atom. The highest BCUT2D eigenvalue weighted by Crippen LogP contribution is 2.26. The maximum Gasteiger partial charge on any atom is 0.257 e. The van der Waals surface area contributed by atoms with Crippen LogP contribution in [0.25, 0.3) is 0 Å². The van der Waals surface area contributed by atoms with Crippen molar-refractivity contribution in [1.29, 1.82) is 0 Å². The molecule has 0 saturated carbocycles. The van der Waals surface area contributed by atoms with E-state index in [9.17, 15) is 9.59 Å². The number of aromatic nitrogens is 3. The number of nitrogens with one attached hydrogen (secondary N) is 2. The van der Waals surface area contributed by atoms with Crippen molar-refractivity contribution in [3.8, 4) is 0 Å². The Hall–Kier alpha value is -1.72. The van der Waals surface area contributed by atoms with Crippen LogP contribution in [-0.2, 0) is 4.79 Å². The zero-order valence-corrected chi connectivity index (χ0v) is 16.7. The van der Waals surface area contributed by atoms with E-state index in [1.165, 1.54) is 41.3 Å². The Morgan fingerprint density at radius 1 is 1.08 bits per heavy atom. The van der Waals surface area contributed by atoms with E-state index in [0.717, 1.165) is 11.3 Å². The summed E-state index contributed by atoms with van der Waals surface area (Å²) in [5, 5.41) is 16.5. The summed E-state index contributed by atoms with van der Waals surface area (Å²) in [6.07, 6.45) is 1.61. The zero-order chi connectivity index (χ0) is 18.5. The lowest BCUT2D eigenvalue weighted by Gasteiger charge is -2.02. The molecule has 2 N–H and O–H groups in total. The van der Waals surface area contributed by atoms with Crippen LogP contribution in [-0.4, -0.2) is 32.7 Å². The Bertz CT molecular complexity index is 912. The van der Waals surface area contributed by atoms with Crippen LogP contribution in [0.2, 0.25) is 10.0 Å². The van der Waals surface area contributed by atoms with Crippen LogP contribution in [0.4, 0.5) is 10.3 Å². The fraction of sp³-hybridized carbons (Fsp3) is 0.0714. The van der Waals surface area contributed by atoms with Crippen molar-refractivity contribution in [2.75, 3.05) is 16.4 Å². The van der Waals surface area contributed by atoms with Gasteiger partial charge in [0.2, 0.25) is 11.0 Å². The third kappa shape index (κ3) is 5.39. The molecular formula is C14H9Cl2N5O2S3. The molecular weight excluding hydrogens is 437 g/mol. The van der Waals surface area contributed by atoms with Crippen molar-refractivity contribution in [1.82, 2.24) is 15.2 Å². The highest BCUT2D eigenvalue weighted by molar-refractivity contribution is 8.01. The number of thiazole rings is 1. The van der Waals surface area contributed by atoms with Gasteiger partial charge in [0.05, 0.1) is 5.75 Å². The Kier molecular flexibility index (Phi) is 6.43. The molecule has 26 heavy (non-hydrogen) atoms. The molecule has 3 aromatic rings. The van der Waals surface area contributed by atoms with Gasteiger partial charge in [0.1, 0.15) is 0 Å². The van der Waals surface area contributed by atoms with Gasteiger partial charge < -0.3 is 5.32 Å². The molecule has 1 aromatic carbocycles. The smallest absolute Gasteiger partial charge is 0.257 e. The fourth-order valence-corrected chi connectivity index (χ4v) is 4.36. The average molecular weight is 446 g/mol. The van der Waals surface area contributed by atoms with E-state index >= 15 is 0 Å². The first-order valence-corrected chi connectivity index (χ1v) is 10.4. The van der Waals surface area contributed by atoms with Crippen LogP contribution >= 0.6 is 57.6 Å². The first kappa shape index (κ1) is 19.1. The fourth-order valence-electron chi connectivity index (χ4n) is 1.74. The van der Waals surface area contributed by atoms with Gasteiger partial charge in [0.15, 0.2) is 9.47 Å². The number of nitrogens with zero attached hydrogens (tertiary/aromatic N) is 3. The molecule has 0 unspecified atom stereocenters. The first-order chi connectivity index (χ1) is 12.5. The number of benzene rings is 1. The summed E-state index contributed by atoms with van der Waals surface area (Å²) < 4.78 is 0.554. The maximum absolute atomic E-state index is 12.2. The number of carbonyl (C=O) groups is 2. The molecule has 0 fully saturated rings. The maximum atomic E-state index is 12.2. The number of halogens is 2. The molecule has 12 heteroatoms. The largest absolute Gasteiger partial charge is 0.301 e. The van der Waals surface area contributed by atoms with Crippen molar-refractivity contribution >= 4 is 79.7 Å². The lowest BCUT2D eigenvalue weighted by Crippen LogP contribution is -2.13. The number of thioether (sulfide) groups is 1. The molecule has 3 rings (SSSR count). The van der Waals surface area contributed by atoms with Crippen LogP contribution in [0, 0.1) is 0 Å². The molecule has 2 amide bonds. The van der Waals surface area contributed by atoms with Gasteiger partial charge in [-0.3, -0.25) is 14.9 Å². The summed E-state index contributed by atoms with van der Waals surface area (Å²) in [5.41, 5.74) is 0.315. The molecule has 0 atom stereocenters. The molecule has 2 aromatic heterocycles. The van der Waals surface area contributed by atoms with Crippen LogP contribution in [0.5, 0.6) is 0 Å². The second-order valence-corrected chi connectivity index (χ2v) is 8.63. The van der Waals surface area contributed by atoms with Crippen LogP contribution in [0.1, 0.15) is 10.4 Å². The van der Waals surface area contributed by atoms with Gasteiger partial charge in [-0.05, 0) is 18.2 Å². The standard InChI is InChI=1S/C14H9Cl2N5O2S3/c15-8-3-7(4-9(16)5-8)11(23)19-13-20-21-14(26-13)25-6-10(22)18-12-17-1-2-24-12/h1-5H,6H2,(H,17,18,22)(H,19,20,23). The SMILES string of the molecule is O=C(CSc1nnc(NC(=O)c2cc(Cl)cc(Cl)c2)s1)Nc1nccs1. The third-order valence-electron chi connectivity index (χ3n) is 2.76. The van der Waals surface area contributed by atoms with Gasteiger partial charge >= 0.3 is 0 Å². The molecule has 134 valence electrons. The lowest BCUT2D eigenvalue weighted by atomic mass is 10.2. The van der Waals surface area contributed by atoms with Crippen molar-refractivity contribution < 1.29 is 9.59 Å². The van der Waals surface area contributed by atoms with E-state index in [0.29, 0.717) is 30.2 Å². The molecule has 7 nitrogen and oxygen atoms in total. The summed E-state index contributed by atoms with van der Waals surface area (Å²) in [7, 11) is 0. The Labute approximate surface area is 170 Å². The highest BCUT2D eigenvalue weighted by atomic mass is 35.5. The van der Waals surface area contributed by atoms with Gasteiger partial charge in [-0.2, -0.15) is 0 Å². The molecule has 0 aliphatic heterocycles. The highest BCUT2D eigenvalue weighted by Gasteiger charge is 2.13. The molecule has 0 radical (unpaired) electrons. The van der Waals surface area contributed by atoms with E-state index in [-0.39, 0.29) is 11.7 Å². The predicted octanol–water partition coefficient (Wildman–Crippen LogP) is 4.28. The molecule has 0 bridgehead atoms. The summed E-state index contributed by atoms with van der Waals surface area (Å²) >= 11 is 15.5. The minimum Gasteiger partial charge on any atom is -0.301 e. The number of carbonyl (C=O) groups excluding carboxylic acids is 2. The summed E-state index contributed by atoms with van der Waals surface area (Å²) in [5.74, 6) is -0.436. The van der Waals surface area contributed by atoms with Gasteiger partial charge in [-0.1, -0.05) is 46.3 Å². The second kappa shape index (κ2) is 8.78. The van der Waals surface area contributed by atoms with E-state index in [1.807, 2.05) is 0 Å². The van der Waals surface area contributed by atoms with Crippen LogP contribution in [0.3, 0.4) is 0 Å². The van der Waals surface area contributed by atoms with Crippen LogP contribution < -0.4 is 10.6 Å². The van der Waals surface area contributed by atoms with Crippen molar-refractivity contribution in [2.24, 2.45) is 0 Å². The Morgan fingerprint density at radius 3 is 2.54 bits per heavy atom. The van der Waals surface area contributed by atoms with E-state index in [4.69, 9.17) is 23.2 Å². The number of amides is 2. The number of anilines is 2. The third-order valence-corrected chi connectivity index (χ3v) is 5.85. The zero-order valence-electron chi connectivity index (χ0n) is 12.7. The van der Waals surface area contributed by atoms with Crippen molar-refractivity contribution in [2.45, 2.75) is 4.34 Å². The second-order valence-electron chi connectivity index (χ2n) is 4.66. The quantitative estimate of drug-likeness (QED) is 0.433. The lowest BCUT2D eigenvalue weighted by molar-refractivity contribution is -0.113. The summed E-state index contributed by atoms with van der Waals surface area (Å²) in [6, 6.07) is 4.54. The molecule has 0 saturated heterocycles. The minimum atomic E-state index is -0.399. The van der Waals surface area contributed by atoms with Crippen LogP contribution in [0.15, 0.2) is 34.1 Å². The molecule has 2 heterocycles. The number of hydrogen-bond acceptors (Lipinski definition) is 8. The molecule has 0 aliphatic carbocycles. The van der Waals surface area contributed by atoms with Crippen molar-refractivity contribution in [3.05, 3.63) is 45.4 Å². The monoisotopic (exact) mass is 445 g/mol. The minimum absolute atomic E-state index is 0.159. The summed E-state index contributed by atoms with van der Waals surface area (Å²) in [6.45, 7) is 0. The average Bonchev–Trinajstić information content (AvgIpc) is 3.24. The number of rotatable bonds is 6. The summed E-state index contributed by atoms with van der Waals surface area (Å²) in [4.78, 5) is 28.0. The Balaban J connectivity index is 1.54. The van der Waals surface area contributed by atoms with Gasteiger partial charge in [0, 0.05) is 27.2 Å². The molecule has 0 spiro atoms. The first-order valence-electron chi connectivity index (χ1n) is 6.93. The molecule has 0 aliphatic rings. The van der Waals surface area contributed by atoms with Gasteiger partial charge in [0.25, 0.3) is 5.91 Å². The van der Waals surface area contributed by atoms with Gasteiger partial charge in [-0.25, -0.2) is 4.98 Å². The van der Waals surface area contributed by atoms with E-state index in [2.05, 4.69) is 25.8 Å².